The van der Waals surface area contributed by atoms with Crippen molar-refractivity contribution in [2.24, 2.45) is 5.73 Å². The van der Waals surface area contributed by atoms with Crippen LogP contribution >= 0.6 is 12.4 Å². The number of hydrogen-bond acceptors (Lipinski definition) is 6. The Morgan fingerprint density at radius 1 is 0.861 bits per heavy atom. The highest BCUT2D eigenvalue weighted by atomic mass is 35.5. The largest absolute Gasteiger partial charge is 0.411 e. The first-order valence-electron chi connectivity index (χ1n) is 12.0. The first kappa shape index (κ1) is 31.9. The summed E-state index contributed by atoms with van der Waals surface area (Å²) in [6.07, 6.45) is 3.29. The summed E-state index contributed by atoms with van der Waals surface area (Å²) in [7, 11) is 0.00763. The van der Waals surface area contributed by atoms with E-state index in [-0.39, 0.29) is 29.6 Å². The van der Waals surface area contributed by atoms with Crippen molar-refractivity contribution in [3.05, 3.63) is 96.1 Å². The molecule has 1 unspecified atom stereocenters. The number of aromatic nitrogens is 2. The highest BCUT2D eigenvalue weighted by Gasteiger charge is 2.37. The van der Waals surface area contributed by atoms with Gasteiger partial charge in [0.15, 0.2) is 8.32 Å². The van der Waals surface area contributed by atoms with Crippen LogP contribution in [-0.2, 0) is 27.1 Å². The highest BCUT2D eigenvalue weighted by molar-refractivity contribution is 6.74. The molecular formula is C28H42ClN3O3Si. The van der Waals surface area contributed by atoms with E-state index < -0.39 is 8.32 Å². The van der Waals surface area contributed by atoms with Crippen molar-refractivity contribution in [1.82, 2.24) is 9.97 Å². The summed E-state index contributed by atoms with van der Waals surface area (Å²) >= 11 is 0. The maximum absolute atomic E-state index is 6.13. The molecular weight excluding hydrogens is 490 g/mol. The Labute approximate surface area is 224 Å². The number of halogens is 1. The molecule has 2 heterocycles. The summed E-state index contributed by atoms with van der Waals surface area (Å²) in [6, 6.07) is 21.4. The van der Waals surface area contributed by atoms with Crippen molar-refractivity contribution in [1.29, 1.82) is 0 Å². The number of rotatable bonds is 10. The van der Waals surface area contributed by atoms with Crippen molar-refractivity contribution in [2.75, 3.05) is 13.7 Å². The van der Waals surface area contributed by atoms with Gasteiger partial charge in [-0.25, -0.2) is 0 Å². The molecule has 0 bridgehead atoms. The summed E-state index contributed by atoms with van der Waals surface area (Å²) < 4.78 is 17.1. The number of nitrogens with two attached hydrogens (primary N) is 1. The van der Waals surface area contributed by atoms with Crippen LogP contribution < -0.4 is 5.73 Å². The Kier molecular flexibility index (Phi) is 14.1. The van der Waals surface area contributed by atoms with E-state index >= 15 is 0 Å². The number of nitrogens with zero attached hydrogens (tertiary/aromatic N) is 2. The molecule has 198 valence electrons. The van der Waals surface area contributed by atoms with E-state index in [1.165, 1.54) is 0 Å². The molecule has 0 amide bonds. The Morgan fingerprint density at radius 2 is 1.47 bits per heavy atom. The third-order valence-corrected chi connectivity index (χ3v) is 10.6. The molecule has 2 N–H and O–H groups in total. The molecule has 0 saturated heterocycles. The average molecular weight is 532 g/mol. The van der Waals surface area contributed by atoms with Gasteiger partial charge in [0.2, 0.25) is 0 Å². The number of benzene rings is 1. The molecule has 2 aromatic heterocycles. The summed E-state index contributed by atoms with van der Waals surface area (Å²) in [5.74, 6) is 0. The van der Waals surface area contributed by atoms with Gasteiger partial charge in [-0.05, 0) is 48.0 Å². The quantitative estimate of drug-likeness (QED) is 0.307. The van der Waals surface area contributed by atoms with Crippen molar-refractivity contribution in [3.8, 4) is 0 Å². The predicted octanol–water partition coefficient (Wildman–Crippen LogP) is 6.34. The van der Waals surface area contributed by atoms with Gasteiger partial charge in [-0.2, -0.15) is 0 Å². The Bertz CT molecular complexity index is 958. The van der Waals surface area contributed by atoms with Gasteiger partial charge >= 0.3 is 0 Å². The number of pyridine rings is 2. The lowest BCUT2D eigenvalue weighted by Crippen LogP contribution is -2.40. The van der Waals surface area contributed by atoms with Gasteiger partial charge in [-0.15, -0.1) is 12.4 Å². The van der Waals surface area contributed by atoms with Gasteiger partial charge in [-0.1, -0.05) is 63.2 Å². The van der Waals surface area contributed by atoms with E-state index in [1.807, 2.05) is 72.9 Å². The second kappa shape index (κ2) is 15.9. The average Bonchev–Trinajstić information content (AvgIpc) is 2.85. The van der Waals surface area contributed by atoms with Crippen molar-refractivity contribution in [2.45, 2.75) is 64.3 Å². The van der Waals surface area contributed by atoms with E-state index in [1.54, 1.807) is 13.3 Å². The zero-order chi connectivity index (χ0) is 25.7. The summed E-state index contributed by atoms with van der Waals surface area (Å²) in [5, 5.41) is 0.266. The van der Waals surface area contributed by atoms with Crippen LogP contribution in [0.25, 0.3) is 0 Å². The maximum Gasteiger partial charge on any atom is 0.192 e. The lowest BCUT2D eigenvalue weighted by molar-refractivity contribution is 0.0260. The molecule has 6 nitrogen and oxygen atoms in total. The second-order valence-electron chi connectivity index (χ2n) is 9.95. The van der Waals surface area contributed by atoms with Crippen LogP contribution in [0.15, 0.2) is 79.1 Å². The fourth-order valence-electron chi connectivity index (χ4n) is 2.99. The molecule has 2 atom stereocenters. The fourth-order valence-corrected chi connectivity index (χ4v) is 3.93. The molecule has 0 aliphatic carbocycles. The zero-order valence-electron chi connectivity index (χ0n) is 22.4. The van der Waals surface area contributed by atoms with Crippen LogP contribution in [-0.4, -0.2) is 38.0 Å². The van der Waals surface area contributed by atoms with Gasteiger partial charge in [0, 0.05) is 19.5 Å². The van der Waals surface area contributed by atoms with Crippen LogP contribution in [0, 0.1) is 0 Å². The van der Waals surface area contributed by atoms with Crippen molar-refractivity contribution in [3.63, 3.8) is 0 Å². The van der Waals surface area contributed by atoms with E-state index in [2.05, 4.69) is 43.8 Å². The predicted molar refractivity (Wildman–Crippen MR) is 152 cm³/mol. The van der Waals surface area contributed by atoms with Crippen LogP contribution in [0.3, 0.4) is 0 Å². The zero-order valence-corrected chi connectivity index (χ0v) is 24.2. The minimum Gasteiger partial charge on any atom is -0.411 e. The second-order valence-corrected chi connectivity index (χ2v) is 14.8. The molecule has 0 spiro atoms. The molecule has 8 heteroatoms. The summed E-state index contributed by atoms with van der Waals surface area (Å²) in [4.78, 5) is 8.54. The standard InChI is InChI=1S/C16H20N2O2.C12H21NOSi.ClH/c1-19-16(15-9-5-6-10-18-15)14(17)12-20-11-13-7-3-2-4-8-13;1-12(2,3)15(4,5)14-10-11-8-6-7-9-13-11;/h2-10,14,16H,11-12,17H2,1H3;6-9H,10H2,1-5H3;1H/t14-,16?;;/m0../s1. The molecule has 0 radical (unpaired) electrons. The first-order chi connectivity index (χ1) is 16.6. The van der Waals surface area contributed by atoms with Crippen LogP contribution in [0.5, 0.6) is 0 Å². The SMILES string of the molecule is CC(C)(C)[Si](C)(C)OCc1ccccn1.COC(c1ccccn1)[C@@H](N)COCc1ccccc1.Cl. The Hall–Kier alpha value is -2.13. The number of hydrogen-bond donors (Lipinski definition) is 1. The van der Waals surface area contributed by atoms with Gasteiger partial charge in [0.25, 0.3) is 0 Å². The molecule has 3 aromatic rings. The third-order valence-electron chi connectivity index (χ3n) is 6.16. The molecule has 0 aliphatic heterocycles. The summed E-state index contributed by atoms with van der Waals surface area (Å²) in [6.45, 7) is 12.9. The summed E-state index contributed by atoms with van der Waals surface area (Å²) in [5.41, 5.74) is 9.11. The normalized spacial score (nSPS) is 13.1. The van der Waals surface area contributed by atoms with Crippen molar-refractivity contribution < 1.29 is 13.9 Å². The minimum absolute atomic E-state index is 0. The van der Waals surface area contributed by atoms with Gasteiger partial charge in [0.1, 0.15) is 6.10 Å². The number of methoxy groups -OCH3 is 1. The van der Waals surface area contributed by atoms with E-state index in [0.717, 1.165) is 17.0 Å². The molecule has 1 aromatic carbocycles. The van der Waals surface area contributed by atoms with E-state index in [4.69, 9.17) is 19.6 Å². The van der Waals surface area contributed by atoms with Crippen molar-refractivity contribution >= 4 is 20.7 Å². The van der Waals surface area contributed by atoms with Gasteiger partial charge in [0.05, 0.1) is 37.3 Å². The Morgan fingerprint density at radius 3 is 2.00 bits per heavy atom. The molecule has 36 heavy (non-hydrogen) atoms. The monoisotopic (exact) mass is 531 g/mol. The Balaban J connectivity index is 0.000000365. The van der Waals surface area contributed by atoms with Gasteiger partial charge < -0.3 is 19.6 Å². The van der Waals surface area contributed by atoms with E-state index in [0.29, 0.717) is 19.8 Å². The van der Waals surface area contributed by atoms with E-state index in [9.17, 15) is 0 Å². The first-order valence-corrected chi connectivity index (χ1v) is 14.9. The smallest absolute Gasteiger partial charge is 0.192 e. The minimum atomic E-state index is -1.63. The van der Waals surface area contributed by atoms with Gasteiger partial charge in [-0.3, -0.25) is 9.97 Å². The molecule has 0 fully saturated rings. The maximum atomic E-state index is 6.13. The molecule has 0 saturated carbocycles. The fraction of sp³-hybridized carbons (Fsp3) is 0.429. The number of ether oxygens (including phenoxy) is 2. The van der Waals surface area contributed by atoms with Crippen LogP contribution in [0.4, 0.5) is 0 Å². The van der Waals surface area contributed by atoms with Crippen LogP contribution in [0.1, 0.15) is 43.8 Å². The lowest BCUT2D eigenvalue weighted by Gasteiger charge is -2.36. The highest BCUT2D eigenvalue weighted by Crippen LogP contribution is 2.36. The lowest BCUT2D eigenvalue weighted by atomic mass is 10.1. The topological polar surface area (TPSA) is 79.5 Å². The molecule has 3 rings (SSSR count). The third kappa shape index (κ3) is 10.9. The van der Waals surface area contributed by atoms with Crippen LogP contribution in [0.2, 0.25) is 18.1 Å². The molecule has 0 aliphatic rings.